The van der Waals surface area contributed by atoms with Crippen molar-refractivity contribution < 1.29 is 14.3 Å². The molecule has 8 heteroatoms. The van der Waals surface area contributed by atoms with E-state index in [4.69, 9.17) is 10.5 Å². The normalized spacial score (nSPS) is 18.5. The summed E-state index contributed by atoms with van der Waals surface area (Å²) in [6, 6.07) is 3.43. The summed E-state index contributed by atoms with van der Waals surface area (Å²) in [7, 11) is 1.59. The lowest BCUT2D eigenvalue weighted by molar-refractivity contribution is -0.122. The summed E-state index contributed by atoms with van der Waals surface area (Å²) in [4.78, 5) is 30.0. The van der Waals surface area contributed by atoms with Crippen molar-refractivity contribution >= 4 is 17.8 Å². The minimum absolute atomic E-state index is 0.0724. The highest BCUT2D eigenvalue weighted by atomic mass is 16.5. The summed E-state index contributed by atoms with van der Waals surface area (Å²) in [6.45, 7) is 4.07. The van der Waals surface area contributed by atoms with Crippen LogP contribution in [0.1, 0.15) is 25.3 Å². The van der Waals surface area contributed by atoms with Gasteiger partial charge in [-0.15, -0.1) is 0 Å². The van der Waals surface area contributed by atoms with Gasteiger partial charge >= 0.3 is 6.03 Å². The van der Waals surface area contributed by atoms with E-state index in [1.165, 1.54) is 0 Å². The number of rotatable bonds is 7. The number of anilines is 1. The molecule has 3 amide bonds. The Morgan fingerprint density at radius 3 is 3.04 bits per heavy atom. The molecule has 0 aromatic carbocycles. The summed E-state index contributed by atoms with van der Waals surface area (Å²) in [5.74, 6) is 0.361. The molecule has 1 aliphatic heterocycles. The summed E-state index contributed by atoms with van der Waals surface area (Å²) in [5, 5.41) is 5.64. The number of urea groups is 1. The van der Waals surface area contributed by atoms with Crippen LogP contribution in [0.25, 0.3) is 0 Å². The van der Waals surface area contributed by atoms with E-state index in [0.29, 0.717) is 19.7 Å². The van der Waals surface area contributed by atoms with Crippen LogP contribution < -0.4 is 21.3 Å². The molecule has 8 nitrogen and oxygen atoms in total. The quantitative estimate of drug-likeness (QED) is 0.668. The van der Waals surface area contributed by atoms with Crippen molar-refractivity contribution in [3.63, 3.8) is 0 Å². The Morgan fingerprint density at radius 1 is 1.52 bits per heavy atom. The van der Waals surface area contributed by atoms with Gasteiger partial charge in [0.1, 0.15) is 5.82 Å². The number of ether oxygens (including phenoxy) is 1. The van der Waals surface area contributed by atoms with Crippen LogP contribution in [0.2, 0.25) is 0 Å². The van der Waals surface area contributed by atoms with Crippen LogP contribution in [0.15, 0.2) is 18.3 Å². The number of carbonyl (C=O) groups excluding carboxylic acids is 2. The Morgan fingerprint density at radius 2 is 2.32 bits per heavy atom. The predicted molar refractivity (Wildman–Crippen MR) is 95.1 cm³/mol. The highest BCUT2D eigenvalue weighted by Crippen LogP contribution is 2.24. The summed E-state index contributed by atoms with van der Waals surface area (Å²) in [5.41, 5.74) is 6.36. The third-order valence-electron chi connectivity index (χ3n) is 4.22. The van der Waals surface area contributed by atoms with Gasteiger partial charge in [0.2, 0.25) is 5.91 Å². The lowest BCUT2D eigenvalue weighted by atomic mass is 9.97. The fraction of sp³-hybridized carbons (Fsp3) is 0.588. The SMILES string of the molecule is COC[C@@H](C)NC(=O)NCc1cccnc1N1CCC[C@H](C(N)=O)C1. The van der Waals surface area contributed by atoms with E-state index in [1.807, 2.05) is 19.1 Å². The van der Waals surface area contributed by atoms with Gasteiger partial charge in [-0.25, -0.2) is 9.78 Å². The number of pyridine rings is 1. The lowest BCUT2D eigenvalue weighted by Crippen LogP contribution is -2.43. The minimum Gasteiger partial charge on any atom is -0.383 e. The Kier molecular flexibility index (Phi) is 7.00. The van der Waals surface area contributed by atoms with Crippen molar-refractivity contribution in [3.8, 4) is 0 Å². The van der Waals surface area contributed by atoms with Crippen LogP contribution in [0.5, 0.6) is 0 Å². The molecule has 0 bridgehead atoms. The van der Waals surface area contributed by atoms with Crippen LogP contribution in [-0.2, 0) is 16.1 Å². The molecule has 1 aromatic heterocycles. The molecular weight excluding hydrogens is 322 g/mol. The molecule has 138 valence electrons. The molecule has 1 saturated heterocycles. The summed E-state index contributed by atoms with van der Waals surface area (Å²) < 4.78 is 5.00. The zero-order chi connectivity index (χ0) is 18.2. The largest absolute Gasteiger partial charge is 0.383 e. The van der Waals surface area contributed by atoms with E-state index >= 15 is 0 Å². The highest BCUT2D eigenvalue weighted by Gasteiger charge is 2.26. The Bertz CT molecular complexity index is 595. The molecule has 2 atom stereocenters. The lowest BCUT2D eigenvalue weighted by Gasteiger charge is -2.33. The van der Waals surface area contributed by atoms with Gasteiger partial charge in [0, 0.05) is 38.5 Å². The highest BCUT2D eigenvalue weighted by molar-refractivity contribution is 5.77. The van der Waals surface area contributed by atoms with E-state index in [1.54, 1.807) is 13.3 Å². The second kappa shape index (κ2) is 9.22. The number of nitrogens with zero attached hydrogens (tertiary/aromatic N) is 2. The topological polar surface area (TPSA) is 110 Å². The van der Waals surface area contributed by atoms with E-state index < -0.39 is 0 Å². The van der Waals surface area contributed by atoms with Gasteiger partial charge in [-0.1, -0.05) is 6.07 Å². The Labute approximate surface area is 148 Å². The number of hydrogen-bond donors (Lipinski definition) is 3. The van der Waals surface area contributed by atoms with E-state index in [9.17, 15) is 9.59 Å². The fourth-order valence-corrected chi connectivity index (χ4v) is 3.00. The van der Waals surface area contributed by atoms with Gasteiger partial charge in [-0.3, -0.25) is 4.79 Å². The third kappa shape index (κ3) is 5.60. The first kappa shape index (κ1) is 19.0. The number of nitrogens with two attached hydrogens (primary N) is 1. The molecule has 2 heterocycles. The zero-order valence-corrected chi connectivity index (χ0v) is 14.8. The second-order valence-corrected chi connectivity index (χ2v) is 6.36. The van der Waals surface area contributed by atoms with Crippen molar-refractivity contribution in [2.45, 2.75) is 32.4 Å². The van der Waals surface area contributed by atoms with Crippen LogP contribution in [0, 0.1) is 5.92 Å². The molecule has 0 spiro atoms. The van der Waals surface area contributed by atoms with Crippen LogP contribution in [0.4, 0.5) is 10.6 Å². The monoisotopic (exact) mass is 349 g/mol. The molecule has 2 rings (SSSR count). The molecule has 0 radical (unpaired) electrons. The number of primary amides is 1. The molecule has 1 fully saturated rings. The number of aromatic nitrogens is 1. The maximum atomic E-state index is 12.0. The van der Waals surface area contributed by atoms with Gasteiger partial charge in [0.15, 0.2) is 0 Å². The second-order valence-electron chi connectivity index (χ2n) is 6.36. The van der Waals surface area contributed by atoms with Crippen molar-refractivity contribution in [2.24, 2.45) is 11.7 Å². The molecule has 4 N–H and O–H groups in total. The number of methoxy groups -OCH3 is 1. The number of hydrogen-bond acceptors (Lipinski definition) is 5. The van der Waals surface area contributed by atoms with Gasteiger partial charge in [0.25, 0.3) is 0 Å². The van der Waals surface area contributed by atoms with Crippen molar-refractivity contribution in [1.82, 2.24) is 15.6 Å². The van der Waals surface area contributed by atoms with Gasteiger partial charge in [-0.2, -0.15) is 0 Å². The van der Waals surface area contributed by atoms with Gasteiger partial charge in [-0.05, 0) is 25.8 Å². The maximum absolute atomic E-state index is 12.0. The predicted octanol–water partition coefficient (Wildman–Crippen LogP) is 0.617. The first-order valence-electron chi connectivity index (χ1n) is 8.52. The van der Waals surface area contributed by atoms with Crippen molar-refractivity contribution in [3.05, 3.63) is 23.9 Å². The summed E-state index contributed by atoms with van der Waals surface area (Å²) in [6.07, 6.45) is 3.42. The van der Waals surface area contributed by atoms with Gasteiger partial charge in [0.05, 0.1) is 18.6 Å². The summed E-state index contributed by atoms with van der Waals surface area (Å²) >= 11 is 0. The Hall–Kier alpha value is -2.35. The van der Waals surface area contributed by atoms with Crippen molar-refractivity contribution in [1.29, 1.82) is 0 Å². The standard InChI is InChI=1S/C17H27N5O3/c1-12(11-25-2)21-17(24)20-9-13-5-3-7-19-16(13)22-8-4-6-14(10-22)15(18)23/h3,5,7,12,14H,4,6,8-11H2,1-2H3,(H2,18,23)(H2,20,21,24)/t12-,14+/m1/s1. The minimum atomic E-state index is -0.271. The average molecular weight is 349 g/mol. The number of nitrogens with one attached hydrogen (secondary N) is 2. The first-order chi connectivity index (χ1) is 12.0. The molecule has 0 saturated carbocycles. The average Bonchev–Trinajstić information content (AvgIpc) is 2.60. The smallest absolute Gasteiger partial charge is 0.315 e. The molecule has 25 heavy (non-hydrogen) atoms. The van der Waals surface area contributed by atoms with E-state index in [-0.39, 0.29) is 23.9 Å². The Balaban J connectivity index is 1.98. The van der Waals surface area contributed by atoms with E-state index in [0.717, 1.165) is 30.8 Å². The number of carbonyl (C=O) groups is 2. The first-order valence-corrected chi connectivity index (χ1v) is 8.52. The zero-order valence-electron chi connectivity index (χ0n) is 14.8. The molecule has 0 aliphatic carbocycles. The van der Waals surface area contributed by atoms with Crippen LogP contribution in [-0.4, -0.2) is 49.8 Å². The van der Waals surface area contributed by atoms with Crippen molar-refractivity contribution in [2.75, 3.05) is 31.7 Å². The van der Waals surface area contributed by atoms with Crippen LogP contribution >= 0.6 is 0 Å². The molecule has 1 aromatic rings. The molecule has 0 unspecified atom stereocenters. The number of amides is 3. The van der Waals surface area contributed by atoms with E-state index in [2.05, 4.69) is 20.5 Å². The fourth-order valence-electron chi connectivity index (χ4n) is 3.00. The third-order valence-corrected chi connectivity index (χ3v) is 4.22. The maximum Gasteiger partial charge on any atom is 0.315 e. The van der Waals surface area contributed by atoms with Crippen LogP contribution in [0.3, 0.4) is 0 Å². The number of piperidine rings is 1. The molecular formula is C17H27N5O3. The molecule has 1 aliphatic rings. The van der Waals surface area contributed by atoms with Gasteiger partial charge < -0.3 is 26.0 Å².